The zero-order valence-electron chi connectivity index (χ0n) is 16.8. The maximum atomic E-state index is 12.7. The third-order valence-electron chi connectivity index (χ3n) is 4.99. The molecule has 1 fully saturated rings. The van der Waals surface area contributed by atoms with E-state index in [2.05, 4.69) is 10.6 Å². The minimum Gasteiger partial charge on any atom is -0.548 e. The number of nitrogens with zero attached hydrogens (tertiary/aromatic N) is 1. The van der Waals surface area contributed by atoms with Crippen molar-refractivity contribution in [3.8, 4) is 11.5 Å². The summed E-state index contributed by atoms with van der Waals surface area (Å²) < 4.78 is 11.0. The lowest BCUT2D eigenvalue weighted by Crippen LogP contribution is -2.53. The van der Waals surface area contributed by atoms with Crippen molar-refractivity contribution >= 4 is 29.4 Å². The van der Waals surface area contributed by atoms with Crippen LogP contribution in [-0.4, -0.2) is 56.0 Å². The molecule has 0 unspecified atom stereocenters. The second-order valence-corrected chi connectivity index (χ2v) is 7.55. The van der Waals surface area contributed by atoms with Crippen LogP contribution in [0.2, 0.25) is 0 Å². The largest absolute Gasteiger partial charge is 0.548 e. The molecule has 0 spiro atoms. The lowest BCUT2D eigenvalue weighted by molar-refractivity contribution is -0.304. The molecule has 2 aliphatic rings. The summed E-state index contributed by atoms with van der Waals surface area (Å²) in [7, 11) is 0. The zero-order chi connectivity index (χ0) is 21.8. The van der Waals surface area contributed by atoms with Gasteiger partial charge in [-0.2, -0.15) is 0 Å². The van der Waals surface area contributed by atoms with Crippen molar-refractivity contribution in [3.05, 3.63) is 18.2 Å². The highest BCUT2D eigenvalue weighted by atomic mass is 16.6. The number of anilines is 1. The molecule has 1 saturated heterocycles. The van der Waals surface area contributed by atoms with E-state index in [9.17, 15) is 24.3 Å². The predicted octanol–water partition coefficient (Wildman–Crippen LogP) is -1.18. The van der Waals surface area contributed by atoms with Gasteiger partial charge in [0, 0.05) is 24.7 Å². The lowest BCUT2D eigenvalue weighted by atomic mass is 10.0. The maximum Gasteiger partial charge on any atom is 0.243 e. The molecule has 10 nitrogen and oxygen atoms in total. The molecular formula is C20H24N3O7-. The predicted molar refractivity (Wildman–Crippen MR) is 103 cm³/mol. The molecule has 0 aliphatic carbocycles. The van der Waals surface area contributed by atoms with Crippen LogP contribution in [0.5, 0.6) is 11.5 Å². The Morgan fingerprint density at radius 1 is 1.20 bits per heavy atom. The number of hydrogen-bond donors (Lipinski definition) is 2. The molecule has 1 aromatic carbocycles. The van der Waals surface area contributed by atoms with E-state index >= 15 is 0 Å². The van der Waals surface area contributed by atoms with Crippen LogP contribution in [0.3, 0.4) is 0 Å². The second-order valence-electron chi connectivity index (χ2n) is 7.55. The molecule has 0 aromatic heterocycles. The van der Waals surface area contributed by atoms with Crippen molar-refractivity contribution in [2.75, 3.05) is 31.2 Å². The first-order valence-corrected chi connectivity index (χ1v) is 9.74. The van der Waals surface area contributed by atoms with E-state index in [1.54, 1.807) is 32.0 Å². The van der Waals surface area contributed by atoms with E-state index in [-0.39, 0.29) is 24.8 Å². The Morgan fingerprint density at radius 3 is 2.57 bits per heavy atom. The van der Waals surface area contributed by atoms with E-state index in [1.165, 1.54) is 4.90 Å². The number of aliphatic carboxylic acids is 1. The van der Waals surface area contributed by atoms with E-state index in [4.69, 9.17) is 9.47 Å². The zero-order valence-corrected chi connectivity index (χ0v) is 16.8. The number of nitrogens with one attached hydrogen (secondary N) is 2. The number of ether oxygens (including phenoxy) is 2. The highest BCUT2D eigenvalue weighted by Crippen LogP contribution is 2.36. The number of rotatable bonds is 7. The van der Waals surface area contributed by atoms with Crippen molar-refractivity contribution < 1.29 is 33.8 Å². The lowest BCUT2D eigenvalue weighted by Gasteiger charge is -2.24. The van der Waals surface area contributed by atoms with Crippen LogP contribution in [0.4, 0.5) is 5.69 Å². The van der Waals surface area contributed by atoms with Crippen molar-refractivity contribution in [3.63, 3.8) is 0 Å². The fourth-order valence-corrected chi connectivity index (χ4v) is 3.41. The Balaban J connectivity index is 1.65. The summed E-state index contributed by atoms with van der Waals surface area (Å²) in [6, 6.07) is 4.24. The van der Waals surface area contributed by atoms with Gasteiger partial charge in [0.25, 0.3) is 0 Å². The third kappa shape index (κ3) is 4.81. The van der Waals surface area contributed by atoms with Crippen LogP contribution < -0.4 is 30.1 Å². The standard InChI is InChI=1S/C20H25N3O7/c1-11(2)18(20(28)21-9-17(25)26)22-19(27)12-7-16(24)23(10-12)13-3-4-14-15(8-13)30-6-5-29-14/h3-4,8,11-12,18H,5-7,9-10H2,1-2H3,(H,21,28)(H,22,27)(H,25,26)/p-1/t12-,18-/m0/s1. The van der Waals surface area contributed by atoms with Gasteiger partial charge in [0.2, 0.25) is 17.7 Å². The van der Waals surface area contributed by atoms with Crippen LogP contribution in [0.15, 0.2) is 18.2 Å². The van der Waals surface area contributed by atoms with Gasteiger partial charge in [-0.05, 0) is 18.1 Å². The van der Waals surface area contributed by atoms with Gasteiger partial charge < -0.3 is 34.9 Å². The Labute approximate surface area is 173 Å². The topological polar surface area (TPSA) is 137 Å². The Kier molecular flexibility index (Phi) is 6.43. The van der Waals surface area contributed by atoms with Gasteiger partial charge >= 0.3 is 0 Å². The summed E-state index contributed by atoms with van der Waals surface area (Å²) in [6.45, 7) is 3.86. The Hall–Kier alpha value is -3.30. The molecule has 2 N–H and O–H groups in total. The van der Waals surface area contributed by atoms with E-state index in [0.717, 1.165) is 0 Å². The van der Waals surface area contributed by atoms with Gasteiger partial charge in [0.05, 0.1) is 18.4 Å². The van der Waals surface area contributed by atoms with Gasteiger partial charge in [-0.15, -0.1) is 0 Å². The monoisotopic (exact) mass is 418 g/mol. The molecule has 0 radical (unpaired) electrons. The van der Waals surface area contributed by atoms with Crippen molar-refractivity contribution in [1.82, 2.24) is 10.6 Å². The summed E-state index contributed by atoms with van der Waals surface area (Å²) >= 11 is 0. The van der Waals surface area contributed by atoms with Gasteiger partial charge in [-0.25, -0.2) is 0 Å². The van der Waals surface area contributed by atoms with Crippen LogP contribution in [0.25, 0.3) is 0 Å². The van der Waals surface area contributed by atoms with Gasteiger partial charge in [-0.1, -0.05) is 13.8 Å². The van der Waals surface area contributed by atoms with Gasteiger partial charge in [-0.3, -0.25) is 14.4 Å². The Morgan fingerprint density at radius 2 is 1.90 bits per heavy atom. The molecule has 162 valence electrons. The van der Waals surface area contributed by atoms with E-state index < -0.39 is 36.3 Å². The quantitative estimate of drug-likeness (QED) is 0.568. The summed E-state index contributed by atoms with van der Waals surface area (Å²) in [5, 5.41) is 15.4. The smallest absolute Gasteiger partial charge is 0.243 e. The molecule has 1 aromatic rings. The number of carbonyl (C=O) groups is 4. The highest BCUT2D eigenvalue weighted by Gasteiger charge is 2.37. The molecule has 2 atom stereocenters. The first-order chi connectivity index (χ1) is 14.3. The van der Waals surface area contributed by atoms with Crippen LogP contribution in [0, 0.1) is 11.8 Å². The van der Waals surface area contributed by atoms with Gasteiger partial charge in [0.1, 0.15) is 19.3 Å². The van der Waals surface area contributed by atoms with Crippen molar-refractivity contribution in [2.45, 2.75) is 26.3 Å². The molecule has 3 rings (SSSR count). The fourth-order valence-electron chi connectivity index (χ4n) is 3.41. The first-order valence-electron chi connectivity index (χ1n) is 9.74. The molecule has 2 aliphatic heterocycles. The Bertz CT molecular complexity index is 855. The SMILES string of the molecule is CC(C)[C@H](NC(=O)[C@H]1CC(=O)N(c2ccc3c(c2)OCCO3)C1)C(=O)NCC(=O)[O-]. The van der Waals surface area contributed by atoms with Gasteiger partial charge in [0.15, 0.2) is 11.5 Å². The minimum absolute atomic E-state index is 0.00571. The van der Waals surface area contributed by atoms with Crippen LogP contribution in [-0.2, 0) is 19.2 Å². The fraction of sp³-hybridized carbons (Fsp3) is 0.500. The third-order valence-corrected chi connectivity index (χ3v) is 4.99. The summed E-state index contributed by atoms with van der Waals surface area (Å²) in [5.74, 6) is -2.45. The average molecular weight is 418 g/mol. The van der Waals surface area contributed by atoms with Crippen LogP contribution >= 0.6 is 0 Å². The average Bonchev–Trinajstić information content (AvgIpc) is 3.11. The number of benzene rings is 1. The minimum atomic E-state index is -1.42. The summed E-state index contributed by atoms with van der Waals surface area (Å²) in [4.78, 5) is 49.5. The second kappa shape index (κ2) is 9.02. The first kappa shape index (κ1) is 21.4. The van der Waals surface area contributed by atoms with Crippen LogP contribution in [0.1, 0.15) is 20.3 Å². The number of hydrogen-bond acceptors (Lipinski definition) is 7. The number of carbonyl (C=O) groups excluding carboxylic acids is 4. The van der Waals surface area contributed by atoms with E-state index in [1.807, 2.05) is 0 Å². The molecule has 0 saturated carbocycles. The van der Waals surface area contributed by atoms with Crippen molar-refractivity contribution in [2.24, 2.45) is 11.8 Å². The van der Waals surface area contributed by atoms with E-state index in [0.29, 0.717) is 30.4 Å². The number of carboxylic acids is 1. The molecule has 30 heavy (non-hydrogen) atoms. The normalized spacial score (nSPS) is 18.8. The molecule has 3 amide bonds. The number of amides is 3. The maximum absolute atomic E-state index is 12.7. The molecule has 10 heteroatoms. The molecular weight excluding hydrogens is 394 g/mol. The summed E-state index contributed by atoms with van der Waals surface area (Å²) in [6.07, 6.45) is 0.00571. The molecule has 0 bridgehead atoms. The number of fused-ring (bicyclic) bond motifs is 1. The molecule has 2 heterocycles. The van der Waals surface area contributed by atoms with Crippen molar-refractivity contribution in [1.29, 1.82) is 0 Å². The number of carboxylic acid groups (broad SMARTS) is 1. The summed E-state index contributed by atoms with van der Waals surface area (Å²) in [5.41, 5.74) is 0.603. The highest BCUT2D eigenvalue weighted by molar-refractivity contribution is 6.01.